The number of hydrogen-bond donors (Lipinski definition) is 1. The maximum Gasteiger partial charge on any atom is 0.261 e. The van der Waals surface area contributed by atoms with Gasteiger partial charge in [-0.2, -0.15) is 0 Å². The highest BCUT2D eigenvalue weighted by molar-refractivity contribution is 7.09. The fraction of sp³-hybridized carbons (Fsp3) is 0.167. The number of hydrogen-bond acceptors (Lipinski definition) is 5. The van der Waals surface area contributed by atoms with Crippen molar-refractivity contribution in [3.8, 4) is 11.5 Å². The molecule has 0 bridgehead atoms. The molecule has 0 aliphatic rings. The Kier molecular flexibility index (Phi) is 5.18. The maximum absolute atomic E-state index is 12.6. The second-order valence-electron chi connectivity index (χ2n) is 5.16. The van der Waals surface area contributed by atoms with Crippen LogP contribution in [0.4, 0.5) is 0 Å². The number of phenols is 1. The highest BCUT2D eigenvalue weighted by atomic mass is 32.1. The molecule has 1 aromatic carbocycles. The number of ether oxygens (including phenoxy) is 1. The molecule has 5 nitrogen and oxygen atoms in total. The summed E-state index contributed by atoms with van der Waals surface area (Å²) in [6.07, 6.45) is 1.58. The Bertz CT molecular complexity index is 732. The zero-order valence-corrected chi connectivity index (χ0v) is 13.7. The lowest BCUT2D eigenvalue weighted by Crippen LogP contribution is -2.33. The molecular formula is C18H17NO4S. The van der Waals surface area contributed by atoms with E-state index in [-0.39, 0.29) is 18.3 Å². The van der Waals surface area contributed by atoms with Crippen molar-refractivity contribution in [3.05, 3.63) is 70.8 Å². The van der Waals surface area contributed by atoms with Crippen LogP contribution in [0.1, 0.15) is 10.6 Å². The zero-order valence-electron chi connectivity index (χ0n) is 12.9. The van der Waals surface area contributed by atoms with Gasteiger partial charge in [-0.15, -0.1) is 11.3 Å². The Morgan fingerprint density at radius 2 is 2.00 bits per heavy atom. The van der Waals surface area contributed by atoms with Gasteiger partial charge in [-0.3, -0.25) is 4.79 Å². The van der Waals surface area contributed by atoms with Crippen molar-refractivity contribution in [2.75, 3.05) is 6.61 Å². The van der Waals surface area contributed by atoms with E-state index in [0.29, 0.717) is 24.6 Å². The number of para-hydroxylation sites is 2. The van der Waals surface area contributed by atoms with Crippen molar-refractivity contribution in [2.45, 2.75) is 13.1 Å². The van der Waals surface area contributed by atoms with E-state index in [0.717, 1.165) is 4.88 Å². The fourth-order valence-electron chi connectivity index (χ4n) is 2.22. The molecular weight excluding hydrogens is 326 g/mol. The summed E-state index contributed by atoms with van der Waals surface area (Å²) in [5.41, 5.74) is 0. The first kappa shape index (κ1) is 16.1. The smallest absolute Gasteiger partial charge is 0.261 e. The molecule has 6 heteroatoms. The van der Waals surface area contributed by atoms with Crippen molar-refractivity contribution in [1.82, 2.24) is 4.90 Å². The molecule has 0 saturated carbocycles. The average Bonchev–Trinajstić information content (AvgIpc) is 3.27. The Morgan fingerprint density at radius 3 is 2.71 bits per heavy atom. The van der Waals surface area contributed by atoms with E-state index < -0.39 is 0 Å². The first-order chi connectivity index (χ1) is 11.7. The third kappa shape index (κ3) is 4.17. The van der Waals surface area contributed by atoms with Gasteiger partial charge in [0, 0.05) is 4.88 Å². The molecule has 2 heterocycles. The highest BCUT2D eigenvalue weighted by Gasteiger charge is 2.17. The molecule has 0 aliphatic carbocycles. The monoisotopic (exact) mass is 343 g/mol. The Balaban J connectivity index is 1.67. The van der Waals surface area contributed by atoms with Crippen LogP contribution in [0.25, 0.3) is 0 Å². The highest BCUT2D eigenvalue weighted by Crippen LogP contribution is 2.24. The van der Waals surface area contributed by atoms with Gasteiger partial charge in [-0.25, -0.2) is 0 Å². The minimum Gasteiger partial charge on any atom is -0.504 e. The molecule has 0 radical (unpaired) electrons. The number of carbonyl (C=O) groups is 1. The topological polar surface area (TPSA) is 62.9 Å². The van der Waals surface area contributed by atoms with E-state index >= 15 is 0 Å². The number of aromatic hydroxyl groups is 1. The standard InChI is InChI=1S/C18H17NO4S/c20-16-7-1-2-8-17(16)23-13-18(21)19(11-14-5-3-9-22-14)12-15-6-4-10-24-15/h1-10,20H,11-13H2. The summed E-state index contributed by atoms with van der Waals surface area (Å²) in [4.78, 5) is 15.3. The molecule has 0 saturated heterocycles. The summed E-state index contributed by atoms with van der Waals surface area (Å²) in [5.74, 6) is 0.839. The lowest BCUT2D eigenvalue weighted by atomic mass is 10.3. The van der Waals surface area contributed by atoms with Crippen LogP contribution < -0.4 is 4.74 Å². The van der Waals surface area contributed by atoms with Gasteiger partial charge < -0.3 is 19.2 Å². The average molecular weight is 343 g/mol. The summed E-state index contributed by atoms with van der Waals surface area (Å²) in [5, 5.41) is 11.7. The molecule has 24 heavy (non-hydrogen) atoms. The second kappa shape index (κ2) is 7.70. The van der Waals surface area contributed by atoms with Gasteiger partial charge in [0.25, 0.3) is 5.91 Å². The van der Waals surface area contributed by atoms with Gasteiger partial charge in [0.1, 0.15) is 5.76 Å². The number of phenolic OH excluding ortho intramolecular Hbond substituents is 1. The molecule has 1 amide bonds. The Labute approximate surface area is 143 Å². The van der Waals surface area contributed by atoms with E-state index in [1.807, 2.05) is 23.6 Å². The SMILES string of the molecule is O=C(COc1ccccc1O)N(Cc1ccco1)Cc1cccs1. The van der Waals surface area contributed by atoms with E-state index in [9.17, 15) is 9.90 Å². The van der Waals surface area contributed by atoms with Gasteiger partial charge in [-0.1, -0.05) is 18.2 Å². The number of rotatable bonds is 7. The predicted molar refractivity (Wildman–Crippen MR) is 90.9 cm³/mol. The first-order valence-corrected chi connectivity index (χ1v) is 8.33. The van der Waals surface area contributed by atoms with Gasteiger partial charge in [0.15, 0.2) is 18.1 Å². The Morgan fingerprint density at radius 1 is 1.12 bits per heavy atom. The van der Waals surface area contributed by atoms with Gasteiger partial charge >= 0.3 is 0 Å². The van der Waals surface area contributed by atoms with Gasteiger partial charge in [-0.05, 0) is 35.7 Å². The number of amides is 1. The van der Waals surface area contributed by atoms with E-state index in [1.54, 1.807) is 46.8 Å². The lowest BCUT2D eigenvalue weighted by molar-refractivity contribution is -0.134. The van der Waals surface area contributed by atoms with Gasteiger partial charge in [0.2, 0.25) is 0 Å². The van der Waals surface area contributed by atoms with Crippen LogP contribution in [0.15, 0.2) is 64.6 Å². The maximum atomic E-state index is 12.6. The summed E-state index contributed by atoms with van der Waals surface area (Å²) in [7, 11) is 0. The van der Waals surface area contributed by atoms with E-state index in [1.165, 1.54) is 6.07 Å². The van der Waals surface area contributed by atoms with Crippen LogP contribution in [0.3, 0.4) is 0 Å². The normalized spacial score (nSPS) is 10.5. The lowest BCUT2D eigenvalue weighted by Gasteiger charge is -2.21. The molecule has 124 valence electrons. The molecule has 0 unspecified atom stereocenters. The van der Waals surface area contributed by atoms with Gasteiger partial charge in [0.05, 0.1) is 19.4 Å². The largest absolute Gasteiger partial charge is 0.504 e. The van der Waals surface area contributed by atoms with Crippen LogP contribution in [-0.4, -0.2) is 22.5 Å². The molecule has 0 fully saturated rings. The van der Waals surface area contributed by atoms with Crippen LogP contribution in [0.5, 0.6) is 11.5 Å². The van der Waals surface area contributed by atoms with Crippen LogP contribution >= 0.6 is 11.3 Å². The molecule has 0 spiro atoms. The minimum absolute atomic E-state index is 0.0149. The molecule has 3 aromatic rings. The third-order valence-electron chi connectivity index (χ3n) is 3.42. The summed E-state index contributed by atoms with van der Waals surface area (Å²) in [6.45, 7) is 0.707. The number of furan rings is 1. The molecule has 3 rings (SSSR count). The number of carbonyl (C=O) groups excluding carboxylic acids is 1. The number of benzene rings is 1. The number of thiophene rings is 1. The van der Waals surface area contributed by atoms with Crippen LogP contribution in [0.2, 0.25) is 0 Å². The van der Waals surface area contributed by atoms with E-state index in [2.05, 4.69) is 0 Å². The molecule has 0 aliphatic heterocycles. The first-order valence-electron chi connectivity index (χ1n) is 7.45. The second-order valence-corrected chi connectivity index (χ2v) is 6.20. The van der Waals surface area contributed by atoms with Crippen molar-refractivity contribution < 1.29 is 19.1 Å². The van der Waals surface area contributed by atoms with Crippen LogP contribution in [-0.2, 0) is 17.9 Å². The minimum atomic E-state index is -0.178. The zero-order chi connectivity index (χ0) is 16.8. The predicted octanol–water partition coefficient (Wildman–Crippen LogP) is 3.65. The van der Waals surface area contributed by atoms with E-state index in [4.69, 9.17) is 9.15 Å². The summed E-state index contributed by atoms with van der Waals surface area (Å²) >= 11 is 1.59. The van der Waals surface area contributed by atoms with Crippen molar-refractivity contribution in [2.24, 2.45) is 0 Å². The quantitative estimate of drug-likeness (QED) is 0.711. The van der Waals surface area contributed by atoms with Crippen molar-refractivity contribution in [3.63, 3.8) is 0 Å². The summed E-state index contributed by atoms with van der Waals surface area (Å²) < 4.78 is 10.8. The molecule has 2 aromatic heterocycles. The fourth-order valence-corrected chi connectivity index (χ4v) is 2.94. The number of nitrogens with zero attached hydrogens (tertiary/aromatic N) is 1. The molecule has 1 N–H and O–H groups in total. The van der Waals surface area contributed by atoms with Crippen LogP contribution in [0, 0.1) is 0 Å². The van der Waals surface area contributed by atoms with Crippen molar-refractivity contribution >= 4 is 17.2 Å². The Hall–Kier alpha value is -2.73. The van der Waals surface area contributed by atoms with Crippen molar-refractivity contribution in [1.29, 1.82) is 0 Å². The molecule has 0 atom stereocenters. The summed E-state index contributed by atoms with van der Waals surface area (Å²) in [6, 6.07) is 14.1. The third-order valence-corrected chi connectivity index (χ3v) is 4.28.